The van der Waals surface area contributed by atoms with Gasteiger partial charge in [0, 0.05) is 23.8 Å². The number of hydrogen-bond donors (Lipinski definition) is 1. The summed E-state index contributed by atoms with van der Waals surface area (Å²) < 4.78 is 13.4. The maximum Gasteiger partial charge on any atom is 0.355 e. The smallest absolute Gasteiger partial charge is 0.355 e. The summed E-state index contributed by atoms with van der Waals surface area (Å²) >= 11 is 6.04. The van der Waals surface area contributed by atoms with Crippen LogP contribution in [0.25, 0.3) is 0 Å². The minimum absolute atomic E-state index is 0.0334. The third-order valence-corrected chi connectivity index (χ3v) is 6.36. The van der Waals surface area contributed by atoms with Crippen LogP contribution in [0.5, 0.6) is 5.75 Å². The molecule has 2 heterocycles. The first-order valence-corrected chi connectivity index (χ1v) is 12.9. The van der Waals surface area contributed by atoms with Gasteiger partial charge in [-0.2, -0.15) is 4.98 Å². The minimum atomic E-state index is -0.651. The van der Waals surface area contributed by atoms with Crippen molar-refractivity contribution in [2.24, 2.45) is 0 Å². The van der Waals surface area contributed by atoms with E-state index in [9.17, 15) is 14.4 Å². The van der Waals surface area contributed by atoms with Gasteiger partial charge in [-0.1, -0.05) is 23.7 Å². The van der Waals surface area contributed by atoms with Crippen molar-refractivity contribution in [2.45, 2.75) is 46.4 Å². The Bertz CT molecular complexity index is 1410. The Morgan fingerprint density at radius 2 is 1.87 bits per heavy atom. The van der Waals surface area contributed by atoms with Crippen LogP contribution in [0.15, 0.2) is 52.1 Å². The molecule has 0 unspecified atom stereocenters. The SMILES string of the molecule is CCOC(=O)CN1CC(n2c(=O)nc(Nc3ccc(OC(C)C)c(C)c3)n(Cc3ccc(Cl)cc3)c2=O)C1. The van der Waals surface area contributed by atoms with E-state index in [1.807, 2.05) is 56.0 Å². The van der Waals surface area contributed by atoms with Crippen molar-refractivity contribution in [1.29, 1.82) is 0 Å². The summed E-state index contributed by atoms with van der Waals surface area (Å²) in [5, 5.41) is 3.72. The molecule has 1 aromatic heterocycles. The Morgan fingerprint density at radius 3 is 2.50 bits per heavy atom. The number of benzene rings is 2. The molecule has 1 fully saturated rings. The molecule has 0 saturated carbocycles. The van der Waals surface area contributed by atoms with Crippen LogP contribution >= 0.6 is 11.6 Å². The third kappa shape index (κ3) is 6.43. The Balaban J connectivity index is 1.65. The zero-order valence-corrected chi connectivity index (χ0v) is 22.7. The molecule has 1 N–H and O–H groups in total. The van der Waals surface area contributed by atoms with E-state index in [0.717, 1.165) is 21.4 Å². The van der Waals surface area contributed by atoms with Gasteiger partial charge < -0.3 is 14.8 Å². The Hall–Kier alpha value is -3.63. The molecular weight excluding hydrogens is 510 g/mol. The molecule has 1 saturated heterocycles. The molecule has 10 nitrogen and oxygen atoms in total. The van der Waals surface area contributed by atoms with Gasteiger partial charge >= 0.3 is 17.3 Å². The fraction of sp³-hybridized carbons (Fsp3) is 0.407. The topological polar surface area (TPSA) is 108 Å². The number of nitrogens with zero attached hydrogens (tertiary/aromatic N) is 4. The van der Waals surface area contributed by atoms with Gasteiger partial charge in [0.15, 0.2) is 0 Å². The van der Waals surface area contributed by atoms with E-state index in [1.54, 1.807) is 19.1 Å². The zero-order valence-electron chi connectivity index (χ0n) is 21.9. The van der Waals surface area contributed by atoms with Crippen molar-refractivity contribution >= 4 is 29.2 Å². The number of aromatic nitrogens is 3. The molecule has 0 aliphatic carbocycles. The lowest BCUT2D eigenvalue weighted by Crippen LogP contribution is -2.57. The first kappa shape index (κ1) is 27.4. The predicted octanol–water partition coefficient (Wildman–Crippen LogP) is 3.37. The Kier molecular flexibility index (Phi) is 8.53. The third-order valence-electron chi connectivity index (χ3n) is 6.11. The van der Waals surface area contributed by atoms with Crippen molar-refractivity contribution in [2.75, 3.05) is 31.6 Å². The lowest BCUT2D eigenvalue weighted by atomic mass is 10.1. The number of esters is 1. The second-order valence-electron chi connectivity index (χ2n) is 9.51. The van der Waals surface area contributed by atoms with Gasteiger partial charge in [-0.25, -0.2) is 14.2 Å². The van der Waals surface area contributed by atoms with Crippen LogP contribution in [-0.2, 0) is 16.1 Å². The maximum absolute atomic E-state index is 13.7. The largest absolute Gasteiger partial charge is 0.491 e. The van der Waals surface area contributed by atoms with Crippen molar-refractivity contribution < 1.29 is 14.3 Å². The molecule has 0 atom stereocenters. The summed E-state index contributed by atoms with van der Waals surface area (Å²) in [5.41, 5.74) is 1.25. The fourth-order valence-electron chi connectivity index (χ4n) is 4.30. The predicted molar refractivity (Wildman–Crippen MR) is 146 cm³/mol. The monoisotopic (exact) mass is 541 g/mol. The average molecular weight is 542 g/mol. The number of anilines is 2. The van der Waals surface area contributed by atoms with E-state index < -0.39 is 17.4 Å². The number of likely N-dealkylation sites (tertiary alicyclic amines) is 1. The highest BCUT2D eigenvalue weighted by Crippen LogP contribution is 2.25. The van der Waals surface area contributed by atoms with E-state index in [0.29, 0.717) is 30.4 Å². The van der Waals surface area contributed by atoms with E-state index in [4.69, 9.17) is 21.1 Å². The maximum atomic E-state index is 13.7. The van der Waals surface area contributed by atoms with Crippen molar-refractivity contribution in [1.82, 2.24) is 19.0 Å². The number of carbonyl (C=O) groups is 1. The summed E-state index contributed by atoms with van der Waals surface area (Å²) in [5.74, 6) is 0.548. The molecule has 4 rings (SSSR count). The van der Waals surface area contributed by atoms with Crippen molar-refractivity contribution in [3.63, 3.8) is 0 Å². The Morgan fingerprint density at radius 1 is 1.16 bits per heavy atom. The highest BCUT2D eigenvalue weighted by molar-refractivity contribution is 6.30. The molecule has 3 aromatic rings. The van der Waals surface area contributed by atoms with Gasteiger partial charge in [0.05, 0.1) is 31.8 Å². The van der Waals surface area contributed by atoms with Gasteiger partial charge in [0.1, 0.15) is 5.75 Å². The molecule has 0 radical (unpaired) electrons. The van der Waals surface area contributed by atoms with Crippen LogP contribution in [0.2, 0.25) is 5.02 Å². The molecule has 0 amide bonds. The van der Waals surface area contributed by atoms with Gasteiger partial charge in [0.2, 0.25) is 5.95 Å². The normalized spacial score (nSPS) is 13.8. The Labute approximate surface area is 225 Å². The van der Waals surface area contributed by atoms with Gasteiger partial charge in [-0.05, 0) is 69.2 Å². The molecule has 0 bridgehead atoms. The molecule has 202 valence electrons. The van der Waals surface area contributed by atoms with Crippen LogP contribution in [-0.4, -0.2) is 57.3 Å². The molecule has 38 heavy (non-hydrogen) atoms. The first-order chi connectivity index (χ1) is 18.1. The second kappa shape index (κ2) is 11.8. The number of rotatable bonds is 10. The fourth-order valence-corrected chi connectivity index (χ4v) is 4.42. The van der Waals surface area contributed by atoms with Crippen molar-refractivity contribution in [3.05, 3.63) is 79.6 Å². The number of hydrogen-bond acceptors (Lipinski definition) is 8. The molecular formula is C27H32ClN5O5. The highest BCUT2D eigenvalue weighted by atomic mass is 35.5. The summed E-state index contributed by atoms with van der Waals surface area (Å²) in [6, 6.07) is 12.3. The number of halogens is 1. The van der Waals surface area contributed by atoms with Crippen LogP contribution < -0.4 is 21.4 Å². The van der Waals surface area contributed by atoms with Crippen LogP contribution in [0.1, 0.15) is 37.9 Å². The molecule has 2 aromatic carbocycles. The number of ether oxygens (including phenoxy) is 2. The average Bonchev–Trinajstić information content (AvgIpc) is 2.82. The zero-order chi connectivity index (χ0) is 27.4. The molecule has 0 spiro atoms. The van der Waals surface area contributed by atoms with Gasteiger partial charge in [-0.3, -0.25) is 14.3 Å². The quantitative estimate of drug-likeness (QED) is 0.389. The molecule has 11 heteroatoms. The van der Waals surface area contributed by atoms with Gasteiger partial charge in [-0.15, -0.1) is 0 Å². The summed E-state index contributed by atoms with van der Waals surface area (Å²) in [6.45, 7) is 8.93. The standard InChI is InChI=1S/C27H32ClN5O5/c1-5-37-24(34)16-31-14-22(15-31)33-26(35)30-25(29-21-10-11-23(18(4)12-21)38-17(2)3)32(27(33)36)13-19-6-8-20(28)9-7-19/h6-12,17,22H,5,13-16H2,1-4H3,(H,29,30,35). The number of carbonyl (C=O) groups excluding carboxylic acids is 1. The van der Waals surface area contributed by atoms with Crippen LogP contribution in [0.3, 0.4) is 0 Å². The summed E-state index contributed by atoms with van der Waals surface area (Å²) in [4.78, 5) is 44.6. The van der Waals surface area contributed by atoms with Crippen molar-refractivity contribution in [3.8, 4) is 5.75 Å². The minimum Gasteiger partial charge on any atom is -0.491 e. The number of aryl methyl sites for hydroxylation is 1. The van der Waals surface area contributed by atoms with Crippen LogP contribution in [0.4, 0.5) is 11.6 Å². The molecule has 1 aliphatic heterocycles. The van der Waals surface area contributed by atoms with E-state index in [-0.39, 0.29) is 31.1 Å². The van der Waals surface area contributed by atoms with E-state index in [1.165, 1.54) is 4.57 Å². The summed E-state index contributed by atoms with van der Waals surface area (Å²) in [6.07, 6.45) is 0.0334. The number of nitrogens with one attached hydrogen (secondary N) is 1. The van der Waals surface area contributed by atoms with Gasteiger partial charge in [0.25, 0.3) is 0 Å². The highest BCUT2D eigenvalue weighted by Gasteiger charge is 2.33. The first-order valence-electron chi connectivity index (χ1n) is 12.5. The molecule has 1 aliphatic rings. The lowest BCUT2D eigenvalue weighted by molar-refractivity contribution is -0.146. The van der Waals surface area contributed by atoms with E-state index >= 15 is 0 Å². The van der Waals surface area contributed by atoms with Crippen LogP contribution in [0, 0.1) is 6.92 Å². The second-order valence-corrected chi connectivity index (χ2v) is 9.94. The lowest BCUT2D eigenvalue weighted by Gasteiger charge is -2.38. The van der Waals surface area contributed by atoms with E-state index in [2.05, 4.69) is 10.3 Å². The summed E-state index contributed by atoms with van der Waals surface area (Å²) in [7, 11) is 0.